The summed E-state index contributed by atoms with van der Waals surface area (Å²) in [6, 6.07) is 6.58. The van der Waals surface area contributed by atoms with E-state index >= 15 is 0 Å². The van der Waals surface area contributed by atoms with Crippen molar-refractivity contribution in [1.29, 1.82) is 0 Å². The predicted octanol–water partition coefficient (Wildman–Crippen LogP) is 3.65. The third-order valence-electron chi connectivity index (χ3n) is 5.44. The van der Waals surface area contributed by atoms with Gasteiger partial charge in [-0.15, -0.1) is 0 Å². The molecule has 6 heteroatoms. The number of hydrogen-bond donors (Lipinski definition) is 0. The largest absolute Gasteiger partial charge is 0.462 e. The average Bonchev–Trinajstić information content (AvgIpc) is 2.85. The van der Waals surface area contributed by atoms with E-state index in [0.29, 0.717) is 0 Å². The molecule has 1 atom stereocenters. The maximum Gasteiger partial charge on any atom is 0.311 e. The van der Waals surface area contributed by atoms with Crippen LogP contribution in [-0.4, -0.2) is 49.7 Å². The third-order valence-corrected chi connectivity index (χ3v) is 5.44. The van der Waals surface area contributed by atoms with Crippen LogP contribution in [0.5, 0.6) is 0 Å². The number of anilines is 1. The van der Waals surface area contributed by atoms with E-state index in [1.807, 2.05) is 13.8 Å². The zero-order chi connectivity index (χ0) is 18.9. The molecule has 0 N–H and O–H groups in total. The van der Waals surface area contributed by atoms with E-state index in [2.05, 4.69) is 9.80 Å². The fraction of sp³-hybridized carbons (Fsp3) is 0.650. The highest BCUT2D eigenvalue weighted by Gasteiger charge is 2.41. The van der Waals surface area contributed by atoms with Gasteiger partial charge in [-0.25, -0.2) is 8.78 Å². The molecule has 0 amide bonds. The summed E-state index contributed by atoms with van der Waals surface area (Å²) in [6.07, 6.45) is 1.69. The Morgan fingerprint density at radius 1 is 1.15 bits per heavy atom. The van der Waals surface area contributed by atoms with Crippen molar-refractivity contribution < 1.29 is 18.3 Å². The van der Waals surface area contributed by atoms with Gasteiger partial charge < -0.3 is 9.64 Å². The van der Waals surface area contributed by atoms with Crippen LogP contribution in [0.15, 0.2) is 24.3 Å². The molecule has 2 fully saturated rings. The quantitative estimate of drug-likeness (QED) is 0.745. The summed E-state index contributed by atoms with van der Waals surface area (Å²) in [5, 5.41) is 0. The molecular weight excluding hydrogens is 338 g/mol. The normalized spacial score (nSPS) is 24.0. The van der Waals surface area contributed by atoms with Gasteiger partial charge in [0.25, 0.3) is 5.92 Å². The minimum absolute atomic E-state index is 0.0267. The van der Waals surface area contributed by atoms with Crippen LogP contribution >= 0.6 is 0 Å². The van der Waals surface area contributed by atoms with Gasteiger partial charge in [0, 0.05) is 50.9 Å². The second-order valence-electron chi connectivity index (χ2n) is 8.17. The number of rotatable bonds is 5. The van der Waals surface area contributed by atoms with Crippen molar-refractivity contribution in [1.82, 2.24) is 4.90 Å². The molecule has 3 rings (SSSR count). The highest BCUT2D eigenvalue weighted by Crippen LogP contribution is 2.34. The van der Waals surface area contributed by atoms with Gasteiger partial charge >= 0.3 is 5.97 Å². The molecule has 0 aliphatic carbocycles. The summed E-state index contributed by atoms with van der Waals surface area (Å²) in [5.41, 5.74) is 0.684. The highest BCUT2D eigenvalue weighted by atomic mass is 19.3. The predicted molar refractivity (Wildman–Crippen MR) is 97.6 cm³/mol. The number of carbonyl (C=O) groups is 1. The van der Waals surface area contributed by atoms with Crippen LogP contribution in [0.25, 0.3) is 0 Å². The minimum Gasteiger partial charge on any atom is -0.462 e. The number of alkyl halides is 2. The first-order valence-electron chi connectivity index (χ1n) is 9.32. The molecule has 26 heavy (non-hydrogen) atoms. The van der Waals surface area contributed by atoms with Crippen LogP contribution in [0.4, 0.5) is 14.5 Å². The topological polar surface area (TPSA) is 32.8 Å². The van der Waals surface area contributed by atoms with Crippen molar-refractivity contribution in [3.8, 4) is 0 Å². The van der Waals surface area contributed by atoms with E-state index in [4.69, 9.17) is 4.74 Å². The lowest BCUT2D eigenvalue weighted by Crippen LogP contribution is -2.47. The second-order valence-corrected chi connectivity index (χ2v) is 8.17. The van der Waals surface area contributed by atoms with E-state index in [-0.39, 0.29) is 23.1 Å². The number of hydrogen-bond acceptors (Lipinski definition) is 4. The standard InChI is InChI=1S/C20H28F2N2O2/c1-19(2)14-17(26-18(19)25)8-9-23-10-12-24(13-11-23)16-6-4-15(5-7-16)20(3,21)22/h4-7,17H,8-14H2,1-3H3. The Morgan fingerprint density at radius 3 is 2.27 bits per heavy atom. The Kier molecular flexibility index (Phi) is 5.24. The maximum absolute atomic E-state index is 13.3. The van der Waals surface area contributed by atoms with Gasteiger partial charge in [0.05, 0.1) is 5.41 Å². The molecule has 1 aromatic carbocycles. The first kappa shape index (κ1) is 19.1. The summed E-state index contributed by atoms with van der Waals surface area (Å²) >= 11 is 0. The molecule has 2 aliphatic heterocycles. The lowest BCUT2D eigenvalue weighted by molar-refractivity contribution is -0.147. The number of ether oxygens (including phenoxy) is 1. The molecule has 144 valence electrons. The molecule has 0 bridgehead atoms. The summed E-state index contributed by atoms with van der Waals surface area (Å²) < 4.78 is 32.1. The van der Waals surface area contributed by atoms with Gasteiger partial charge in [-0.05, 0) is 38.8 Å². The summed E-state index contributed by atoms with van der Waals surface area (Å²) in [4.78, 5) is 16.4. The number of cyclic esters (lactones) is 1. The molecule has 0 spiro atoms. The summed E-state index contributed by atoms with van der Waals surface area (Å²) in [5.74, 6) is -2.89. The van der Waals surface area contributed by atoms with Crippen LogP contribution in [0, 0.1) is 5.41 Å². The Morgan fingerprint density at radius 2 is 1.77 bits per heavy atom. The Hall–Kier alpha value is -1.69. The number of esters is 1. The molecule has 2 aliphatic rings. The van der Waals surface area contributed by atoms with E-state index in [9.17, 15) is 13.6 Å². The van der Waals surface area contributed by atoms with Gasteiger partial charge in [-0.1, -0.05) is 12.1 Å². The van der Waals surface area contributed by atoms with Gasteiger partial charge in [-0.3, -0.25) is 9.69 Å². The Balaban J connectivity index is 1.45. The fourth-order valence-corrected chi connectivity index (χ4v) is 3.69. The van der Waals surface area contributed by atoms with Gasteiger partial charge in [0.15, 0.2) is 0 Å². The van der Waals surface area contributed by atoms with Crippen molar-refractivity contribution in [3.63, 3.8) is 0 Å². The van der Waals surface area contributed by atoms with Gasteiger partial charge in [0.2, 0.25) is 0 Å². The monoisotopic (exact) mass is 366 g/mol. The van der Waals surface area contributed by atoms with Crippen molar-refractivity contribution in [2.75, 3.05) is 37.6 Å². The SMILES string of the molecule is CC1(C)CC(CCN2CCN(c3ccc(C(C)(F)F)cc3)CC2)OC1=O. The van der Waals surface area contributed by atoms with E-state index in [0.717, 1.165) is 58.2 Å². The zero-order valence-electron chi connectivity index (χ0n) is 15.8. The smallest absolute Gasteiger partial charge is 0.311 e. The van der Waals surface area contributed by atoms with Crippen LogP contribution in [0.3, 0.4) is 0 Å². The van der Waals surface area contributed by atoms with Crippen molar-refractivity contribution >= 4 is 11.7 Å². The molecule has 0 aromatic heterocycles. The van der Waals surface area contributed by atoms with Crippen LogP contribution in [0.2, 0.25) is 0 Å². The molecule has 1 aromatic rings. The van der Waals surface area contributed by atoms with Crippen LogP contribution in [-0.2, 0) is 15.5 Å². The maximum atomic E-state index is 13.3. The Labute approximate surface area is 154 Å². The second kappa shape index (κ2) is 7.14. The van der Waals surface area contributed by atoms with E-state index in [1.54, 1.807) is 12.1 Å². The van der Waals surface area contributed by atoms with Gasteiger partial charge in [-0.2, -0.15) is 0 Å². The lowest BCUT2D eigenvalue weighted by atomic mass is 9.89. The first-order valence-corrected chi connectivity index (χ1v) is 9.32. The molecule has 1 unspecified atom stereocenters. The Bertz CT molecular complexity index is 632. The number of nitrogens with zero attached hydrogens (tertiary/aromatic N) is 2. The third kappa shape index (κ3) is 4.34. The average molecular weight is 366 g/mol. The van der Waals surface area contributed by atoms with Gasteiger partial charge in [0.1, 0.15) is 6.10 Å². The van der Waals surface area contributed by atoms with E-state index < -0.39 is 5.92 Å². The molecule has 0 radical (unpaired) electrons. The molecule has 2 heterocycles. The fourth-order valence-electron chi connectivity index (χ4n) is 3.69. The van der Waals surface area contributed by atoms with Crippen LogP contribution < -0.4 is 4.90 Å². The molecule has 4 nitrogen and oxygen atoms in total. The molecule has 2 saturated heterocycles. The van der Waals surface area contributed by atoms with Crippen molar-refractivity contribution in [3.05, 3.63) is 29.8 Å². The highest BCUT2D eigenvalue weighted by molar-refractivity contribution is 5.78. The minimum atomic E-state index is -2.80. The number of piperazine rings is 1. The lowest BCUT2D eigenvalue weighted by Gasteiger charge is -2.36. The molecule has 0 saturated carbocycles. The van der Waals surface area contributed by atoms with Crippen molar-refractivity contribution in [2.24, 2.45) is 5.41 Å². The summed E-state index contributed by atoms with van der Waals surface area (Å²) in [7, 11) is 0. The van der Waals surface area contributed by atoms with Crippen molar-refractivity contribution in [2.45, 2.75) is 45.6 Å². The zero-order valence-corrected chi connectivity index (χ0v) is 15.8. The number of carbonyl (C=O) groups excluding carboxylic acids is 1. The van der Waals surface area contributed by atoms with Crippen LogP contribution in [0.1, 0.15) is 39.2 Å². The van der Waals surface area contributed by atoms with E-state index in [1.165, 1.54) is 12.1 Å². The first-order chi connectivity index (χ1) is 12.1. The number of halogens is 2. The summed E-state index contributed by atoms with van der Waals surface area (Å²) in [6.45, 7) is 9.31. The molecular formula is C20H28F2N2O2. The number of benzene rings is 1.